The van der Waals surface area contributed by atoms with Crippen LogP contribution in [-0.4, -0.2) is 60.3 Å². The molecule has 3 aromatic rings. The molecule has 1 aliphatic rings. The minimum atomic E-state index is -0.393. The number of amides is 1. The summed E-state index contributed by atoms with van der Waals surface area (Å²) in [5, 5.41) is 4.07. The molecule has 28 heavy (non-hydrogen) atoms. The first-order valence-electron chi connectivity index (χ1n) is 8.80. The lowest BCUT2D eigenvalue weighted by molar-refractivity contribution is 0.0376. The molecule has 0 radical (unpaired) electrons. The van der Waals surface area contributed by atoms with Crippen LogP contribution in [0.2, 0.25) is 0 Å². The molecule has 4 rings (SSSR count). The maximum atomic E-state index is 14.0. The number of carbonyl (C=O) groups is 1. The largest absolute Gasteiger partial charge is 0.379 e. The van der Waals surface area contributed by atoms with Crippen molar-refractivity contribution in [2.45, 2.75) is 6.42 Å². The lowest BCUT2D eigenvalue weighted by Crippen LogP contribution is -2.39. The predicted octanol–water partition coefficient (Wildman–Crippen LogP) is 3.21. The topological polar surface area (TPSA) is 71.7 Å². The first kappa shape index (κ1) is 20.7. The fourth-order valence-electron chi connectivity index (χ4n) is 3.04. The van der Waals surface area contributed by atoms with Crippen LogP contribution in [0, 0.1) is 5.82 Å². The molecule has 0 atom stereocenters. The first-order chi connectivity index (χ1) is 13.2. The van der Waals surface area contributed by atoms with Crippen molar-refractivity contribution in [2.75, 3.05) is 44.3 Å². The fourth-order valence-corrected chi connectivity index (χ4v) is 4.04. The van der Waals surface area contributed by atoms with Crippen LogP contribution in [0.1, 0.15) is 17.0 Å². The second-order valence-corrected chi connectivity index (χ2v) is 7.23. The Labute approximate surface area is 171 Å². The van der Waals surface area contributed by atoms with Gasteiger partial charge in [0.15, 0.2) is 5.13 Å². The highest BCUT2D eigenvalue weighted by Crippen LogP contribution is 2.31. The molecule has 0 N–H and O–H groups in total. The Balaban J connectivity index is 0.00000225. The lowest BCUT2D eigenvalue weighted by atomic mass is 10.3. The van der Waals surface area contributed by atoms with Gasteiger partial charge in [0.05, 0.1) is 24.1 Å². The maximum Gasteiger partial charge on any atom is 0.298 e. The van der Waals surface area contributed by atoms with Crippen LogP contribution in [0.3, 0.4) is 0 Å². The van der Waals surface area contributed by atoms with E-state index >= 15 is 0 Å². The Morgan fingerprint density at radius 3 is 2.82 bits per heavy atom. The van der Waals surface area contributed by atoms with Crippen molar-refractivity contribution in [2.24, 2.45) is 0 Å². The van der Waals surface area contributed by atoms with E-state index in [1.807, 2.05) is 0 Å². The molecule has 1 fully saturated rings. The van der Waals surface area contributed by atoms with E-state index in [2.05, 4.69) is 15.0 Å². The molecule has 1 saturated heterocycles. The molecule has 0 spiro atoms. The van der Waals surface area contributed by atoms with Crippen LogP contribution < -0.4 is 4.90 Å². The number of nitrogens with zero attached hydrogens (tertiary/aromatic N) is 4. The average Bonchev–Trinajstić information content (AvgIpc) is 3.36. The van der Waals surface area contributed by atoms with Gasteiger partial charge in [-0.1, -0.05) is 22.6 Å². The number of thiazole rings is 1. The first-order valence-corrected chi connectivity index (χ1v) is 9.62. The third kappa shape index (κ3) is 4.49. The molecule has 1 aromatic carbocycles. The number of hydrogen-bond acceptors (Lipinski definition) is 7. The number of carbonyl (C=O) groups excluding carboxylic acids is 1. The molecule has 150 valence electrons. The summed E-state index contributed by atoms with van der Waals surface area (Å²) >= 11 is 1.29. The predicted molar refractivity (Wildman–Crippen MR) is 107 cm³/mol. The zero-order chi connectivity index (χ0) is 18.6. The molecule has 7 nitrogen and oxygen atoms in total. The Hall–Kier alpha value is -2.07. The summed E-state index contributed by atoms with van der Waals surface area (Å²) < 4.78 is 25.1. The van der Waals surface area contributed by atoms with Crippen molar-refractivity contribution in [3.63, 3.8) is 0 Å². The van der Waals surface area contributed by atoms with Crippen LogP contribution in [-0.2, 0) is 4.74 Å². The van der Waals surface area contributed by atoms with Gasteiger partial charge in [0.2, 0.25) is 5.76 Å². The van der Waals surface area contributed by atoms with E-state index in [1.165, 1.54) is 29.7 Å². The Morgan fingerprint density at radius 2 is 2.11 bits per heavy atom. The van der Waals surface area contributed by atoms with Crippen molar-refractivity contribution in [1.82, 2.24) is 15.0 Å². The quantitative estimate of drug-likeness (QED) is 0.602. The number of para-hydroxylation sites is 1. The molecule has 0 saturated carbocycles. The van der Waals surface area contributed by atoms with Gasteiger partial charge >= 0.3 is 0 Å². The van der Waals surface area contributed by atoms with Crippen LogP contribution in [0.25, 0.3) is 10.2 Å². The second-order valence-electron chi connectivity index (χ2n) is 6.22. The van der Waals surface area contributed by atoms with E-state index in [9.17, 15) is 9.18 Å². The third-order valence-corrected chi connectivity index (χ3v) is 5.49. The Bertz CT molecular complexity index is 915. The van der Waals surface area contributed by atoms with Crippen molar-refractivity contribution in [3.05, 3.63) is 42.0 Å². The van der Waals surface area contributed by atoms with E-state index in [0.717, 1.165) is 39.3 Å². The van der Waals surface area contributed by atoms with Gasteiger partial charge in [0.25, 0.3) is 5.91 Å². The van der Waals surface area contributed by atoms with Gasteiger partial charge in [-0.05, 0) is 18.6 Å². The smallest absolute Gasteiger partial charge is 0.298 e. The average molecular weight is 427 g/mol. The fraction of sp³-hybridized carbons (Fsp3) is 0.389. The number of anilines is 1. The van der Waals surface area contributed by atoms with Crippen LogP contribution in [0.15, 0.2) is 35.0 Å². The van der Waals surface area contributed by atoms with Crippen LogP contribution in [0.4, 0.5) is 9.52 Å². The minimum absolute atomic E-state index is 0. The summed E-state index contributed by atoms with van der Waals surface area (Å²) in [6.07, 6.45) is 2.19. The number of halogens is 2. The molecule has 3 heterocycles. The number of rotatable bonds is 6. The summed E-state index contributed by atoms with van der Waals surface area (Å²) in [5.74, 6) is -0.578. The van der Waals surface area contributed by atoms with Crippen LogP contribution >= 0.6 is 23.7 Å². The molecule has 2 aromatic heterocycles. The molecule has 1 amide bonds. The summed E-state index contributed by atoms with van der Waals surface area (Å²) in [4.78, 5) is 21.1. The van der Waals surface area contributed by atoms with E-state index in [4.69, 9.17) is 9.26 Å². The van der Waals surface area contributed by atoms with Gasteiger partial charge in [0, 0.05) is 32.2 Å². The van der Waals surface area contributed by atoms with Gasteiger partial charge < -0.3 is 9.26 Å². The van der Waals surface area contributed by atoms with Gasteiger partial charge in [-0.15, -0.1) is 12.4 Å². The van der Waals surface area contributed by atoms with Gasteiger partial charge in [-0.3, -0.25) is 14.6 Å². The highest BCUT2D eigenvalue weighted by Gasteiger charge is 2.24. The lowest BCUT2D eigenvalue weighted by Gasteiger charge is -2.27. The molecule has 0 bridgehead atoms. The highest BCUT2D eigenvalue weighted by molar-refractivity contribution is 7.22. The zero-order valence-corrected chi connectivity index (χ0v) is 16.7. The summed E-state index contributed by atoms with van der Waals surface area (Å²) in [6.45, 7) is 4.56. The summed E-state index contributed by atoms with van der Waals surface area (Å²) in [7, 11) is 0. The minimum Gasteiger partial charge on any atom is -0.379 e. The Morgan fingerprint density at radius 1 is 1.29 bits per heavy atom. The zero-order valence-electron chi connectivity index (χ0n) is 15.0. The SMILES string of the molecule is Cl.O=C(c1ccno1)N(CCCN1CCOCC1)c1nc2c(F)cccc2s1. The summed E-state index contributed by atoms with van der Waals surface area (Å²) in [6, 6.07) is 6.32. The van der Waals surface area contributed by atoms with E-state index < -0.39 is 5.82 Å². The van der Waals surface area contributed by atoms with Gasteiger partial charge in [0.1, 0.15) is 11.3 Å². The van der Waals surface area contributed by atoms with Gasteiger partial charge in [-0.2, -0.15) is 0 Å². The standard InChI is InChI=1S/C18H19FN4O3S.ClH/c19-13-3-1-4-15-16(13)21-18(27-15)23(17(24)14-5-6-20-26-14)8-2-7-22-9-11-25-12-10-22;/h1,3-6H,2,7-12H2;1H. The molecular weight excluding hydrogens is 407 g/mol. The Kier molecular flexibility index (Phi) is 6.95. The molecule has 0 aliphatic carbocycles. The highest BCUT2D eigenvalue weighted by atomic mass is 35.5. The van der Waals surface area contributed by atoms with Gasteiger partial charge in [-0.25, -0.2) is 9.37 Å². The number of morpholine rings is 1. The normalized spacial score (nSPS) is 14.8. The monoisotopic (exact) mass is 426 g/mol. The third-order valence-electron chi connectivity index (χ3n) is 4.44. The number of benzene rings is 1. The van der Waals surface area contributed by atoms with E-state index in [-0.39, 0.29) is 29.6 Å². The number of aromatic nitrogens is 2. The second kappa shape index (κ2) is 9.42. The van der Waals surface area contributed by atoms with Crippen molar-refractivity contribution >= 4 is 45.0 Å². The van der Waals surface area contributed by atoms with Crippen molar-refractivity contribution in [1.29, 1.82) is 0 Å². The van der Waals surface area contributed by atoms with Crippen molar-refractivity contribution < 1.29 is 18.4 Å². The number of fused-ring (bicyclic) bond motifs is 1. The molecular formula is C18H20ClFN4O3S. The number of hydrogen-bond donors (Lipinski definition) is 0. The molecule has 0 unspecified atom stereocenters. The van der Waals surface area contributed by atoms with Crippen LogP contribution in [0.5, 0.6) is 0 Å². The maximum absolute atomic E-state index is 14.0. The van der Waals surface area contributed by atoms with E-state index in [0.29, 0.717) is 16.4 Å². The molecule has 10 heteroatoms. The number of ether oxygens (including phenoxy) is 1. The van der Waals surface area contributed by atoms with E-state index in [1.54, 1.807) is 17.0 Å². The van der Waals surface area contributed by atoms with Crippen molar-refractivity contribution in [3.8, 4) is 0 Å². The summed E-state index contributed by atoms with van der Waals surface area (Å²) in [5.41, 5.74) is 0.279. The molecule has 1 aliphatic heterocycles.